The maximum atomic E-state index is 11.9. The maximum absolute atomic E-state index is 11.9. The molecule has 0 saturated heterocycles. The highest BCUT2D eigenvalue weighted by Crippen LogP contribution is 2.31. The number of benzene rings is 2. The van der Waals surface area contributed by atoms with Gasteiger partial charge in [-0.1, -0.05) is 30.3 Å². The number of Topliss-reactive ketones (excluding diaryl/α,β-unsaturated/α-hetero) is 1. The molecule has 25 heavy (non-hydrogen) atoms. The second-order valence-electron chi connectivity index (χ2n) is 5.84. The number of ketones is 1. The van der Waals surface area contributed by atoms with Gasteiger partial charge in [0.05, 0.1) is 13.7 Å². The number of hydrogen-bond donors (Lipinski definition) is 0. The van der Waals surface area contributed by atoms with Crippen molar-refractivity contribution in [3.05, 3.63) is 88.3 Å². The topological polar surface area (TPSA) is 48.3 Å². The number of methoxy groups -OCH3 is 1. The van der Waals surface area contributed by atoms with Gasteiger partial charge in [0.2, 0.25) is 0 Å². The van der Waals surface area contributed by atoms with Crippen molar-refractivity contribution in [2.24, 2.45) is 0 Å². The number of carbonyl (C=O) groups is 1. The Labute approximate surface area is 146 Å². The Kier molecular flexibility index (Phi) is 4.80. The van der Waals surface area contributed by atoms with Crippen molar-refractivity contribution >= 4 is 5.78 Å². The summed E-state index contributed by atoms with van der Waals surface area (Å²) in [6.45, 7) is 2.03. The molecular weight excluding hydrogens is 314 g/mol. The van der Waals surface area contributed by atoms with Crippen molar-refractivity contribution in [2.45, 2.75) is 13.5 Å². The maximum Gasteiger partial charge on any atom is 0.250 e. The highest BCUT2D eigenvalue weighted by atomic mass is 16.5. The second-order valence-corrected chi connectivity index (χ2v) is 5.84. The molecule has 2 aromatic carbocycles. The number of hydrogen-bond acceptors (Lipinski definition) is 3. The molecule has 0 radical (unpaired) electrons. The zero-order valence-corrected chi connectivity index (χ0v) is 14.2. The number of pyridine rings is 1. The largest absolute Gasteiger partial charge is 0.496 e. The molecule has 0 aliphatic rings. The molecule has 0 amide bonds. The summed E-state index contributed by atoms with van der Waals surface area (Å²) in [6, 6.07) is 18.4. The van der Waals surface area contributed by atoms with Gasteiger partial charge in [0.1, 0.15) is 5.75 Å². The van der Waals surface area contributed by atoms with Crippen LogP contribution in [0.5, 0.6) is 5.75 Å². The summed E-state index contributed by atoms with van der Waals surface area (Å²) in [4.78, 5) is 23.6. The minimum absolute atomic E-state index is 0.0211. The van der Waals surface area contributed by atoms with E-state index in [2.05, 4.69) is 0 Å². The normalized spacial score (nSPS) is 10.5. The van der Waals surface area contributed by atoms with Gasteiger partial charge >= 0.3 is 0 Å². The molecule has 0 aliphatic carbocycles. The summed E-state index contributed by atoms with van der Waals surface area (Å²) in [5, 5.41) is 0. The number of rotatable bonds is 5. The third-order valence-corrected chi connectivity index (χ3v) is 4.10. The Morgan fingerprint density at radius 1 is 1.04 bits per heavy atom. The van der Waals surface area contributed by atoms with E-state index in [1.54, 1.807) is 43.0 Å². The van der Waals surface area contributed by atoms with Crippen LogP contribution in [0.4, 0.5) is 0 Å². The number of carbonyl (C=O) groups excluding carboxylic acids is 1. The van der Waals surface area contributed by atoms with E-state index >= 15 is 0 Å². The van der Waals surface area contributed by atoms with Gasteiger partial charge in [-0.25, -0.2) is 0 Å². The SMILES string of the molecule is COc1ccc(Cn2ccccc2=O)cc1-c1cccc(C(C)=O)c1. The fourth-order valence-electron chi connectivity index (χ4n) is 2.77. The van der Waals surface area contributed by atoms with Gasteiger partial charge < -0.3 is 9.30 Å². The summed E-state index contributed by atoms with van der Waals surface area (Å²) >= 11 is 0. The van der Waals surface area contributed by atoms with Crippen LogP contribution in [0.3, 0.4) is 0 Å². The molecule has 4 nitrogen and oxygen atoms in total. The molecule has 0 N–H and O–H groups in total. The fraction of sp³-hybridized carbons (Fsp3) is 0.143. The van der Waals surface area contributed by atoms with Gasteiger partial charge in [0.25, 0.3) is 5.56 Å². The minimum atomic E-state index is -0.0431. The monoisotopic (exact) mass is 333 g/mol. The van der Waals surface area contributed by atoms with E-state index in [1.807, 2.05) is 42.5 Å². The van der Waals surface area contributed by atoms with E-state index in [9.17, 15) is 9.59 Å². The summed E-state index contributed by atoms with van der Waals surface area (Å²) in [5.74, 6) is 0.748. The first-order valence-corrected chi connectivity index (χ1v) is 8.02. The third-order valence-electron chi connectivity index (χ3n) is 4.10. The molecule has 3 rings (SSSR count). The van der Waals surface area contributed by atoms with Crippen molar-refractivity contribution < 1.29 is 9.53 Å². The predicted octanol–water partition coefficient (Wildman–Crippen LogP) is 3.77. The summed E-state index contributed by atoms with van der Waals surface area (Å²) in [6.07, 6.45) is 1.77. The quantitative estimate of drug-likeness (QED) is 0.668. The second kappa shape index (κ2) is 7.18. The average Bonchev–Trinajstić information content (AvgIpc) is 2.63. The lowest BCUT2D eigenvalue weighted by atomic mass is 9.99. The van der Waals surface area contributed by atoms with Crippen LogP contribution in [0, 0.1) is 0 Å². The summed E-state index contributed by atoms with van der Waals surface area (Å²) < 4.78 is 7.13. The lowest BCUT2D eigenvalue weighted by molar-refractivity contribution is 0.101. The zero-order valence-electron chi connectivity index (χ0n) is 14.2. The lowest BCUT2D eigenvalue weighted by Gasteiger charge is -2.13. The van der Waals surface area contributed by atoms with Crippen LogP contribution in [0.15, 0.2) is 71.7 Å². The van der Waals surface area contributed by atoms with Gasteiger partial charge in [0.15, 0.2) is 5.78 Å². The van der Waals surface area contributed by atoms with Crippen LogP contribution in [-0.4, -0.2) is 17.5 Å². The van der Waals surface area contributed by atoms with E-state index in [0.717, 1.165) is 22.4 Å². The fourth-order valence-corrected chi connectivity index (χ4v) is 2.77. The van der Waals surface area contributed by atoms with Crippen LogP contribution >= 0.6 is 0 Å². The Hall–Kier alpha value is -3.14. The Morgan fingerprint density at radius 3 is 2.60 bits per heavy atom. The highest BCUT2D eigenvalue weighted by molar-refractivity contribution is 5.95. The molecule has 1 aromatic heterocycles. The molecule has 0 unspecified atom stereocenters. The first kappa shape index (κ1) is 16.7. The first-order chi connectivity index (χ1) is 12.1. The van der Waals surface area contributed by atoms with Crippen molar-refractivity contribution in [1.82, 2.24) is 4.57 Å². The van der Waals surface area contributed by atoms with Crippen LogP contribution in [0.25, 0.3) is 11.1 Å². The number of aromatic nitrogens is 1. The standard InChI is InChI=1S/C21H19NO3/c1-15(23)17-6-5-7-18(13-17)19-12-16(9-10-20(19)25-2)14-22-11-4-3-8-21(22)24/h3-13H,14H2,1-2H3. The van der Waals surface area contributed by atoms with E-state index in [1.165, 1.54) is 0 Å². The van der Waals surface area contributed by atoms with Crippen LogP contribution < -0.4 is 10.3 Å². The van der Waals surface area contributed by atoms with Crippen LogP contribution in [0.2, 0.25) is 0 Å². The zero-order chi connectivity index (χ0) is 17.8. The van der Waals surface area contributed by atoms with E-state index in [0.29, 0.717) is 12.1 Å². The molecule has 0 saturated carbocycles. The molecular formula is C21H19NO3. The van der Waals surface area contributed by atoms with Gasteiger partial charge in [-0.15, -0.1) is 0 Å². The van der Waals surface area contributed by atoms with Crippen LogP contribution in [-0.2, 0) is 6.54 Å². The predicted molar refractivity (Wildman–Crippen MR) is 98.2 cm³/mol. The van der Waals surface area contributed by atoms with Gasteiger partial charge in [-0.2, -0.15) is 0 Å². The summed E-state index contributed by atoms with van der Waals surface area (Å²) in [5.41, 5.74) is 3.40. The van der Waals surface area contributed by atoms with Crippen molar-refractivity contribution in [3.8, 4) is 16.9 Å². The minimum Gasteiger partial charge on any atom is -0.496 e. The molecule has 0 atom stereocenters. The van der Waals surface area contributed by atoms with Crippen LogP contribution in [0.1, 0.15) is 22.8 Å². The van der Waals surface area contributed by atoms with E-state index in [4.69, 9.17) is 4.74 Å². The molecule has 4 heteroatoms. The lowest BCUT2D eigenvalue weighted by Crippen LogP contribution is -2.18. The molecule has 0 fully saturated rings. The van der Waals surface area contributed by atoms with Gasteiger partial charge in [-0.05, 0) is 42.3 Å². The smallest absolute Gasteiger partial charge is 0.250 e. The van der Waals surface area contributed by atoms with E-state index in [-0.39, 0.29) is 11.3 Å². The molecule has 0 bridgehead atoms. The summed E-state index contributed by atoms with van der Waals surface area (Å²) in [7, 11) is 1.62. The van der Waals surface area contributed by atoms with Gasteiger partial charge in [0, 0.05) is 23.4 Å². The van der Waals surface area contributed by atoms with E-state index < -0.39 is 0 Å². The first-order valence-electron chi connectivity index (χ1n) is 8.02. The average molecular weight is 333 g/mol. The third kappa shape index (κ3) is 3.69. The Morgan fingerprint density at radius 2 is 1.88 bits per heavy atom. The van der Waals surface area contributed by atoms with Crippen molar-refractivity contribution in [1.29, 1.82) is 0 Å². The van der Waals surface area contributed by atoms with Gasteiger partial charge in [-0.3, -0.25) is 9.59 Å². The van der Waals surface area contributed by atoms with Crippen molar-refractivity contribution in [2.75, 3.05) is 7.11 Å². The Balaban J connectivity index is 2.04. The molecule has 126 valence electrons. The number of ether oxygens (including phenoxy) is 1. The number of nitrogens with zero attached hydrogens (tertiary/aromatic N) is 1. The highest BCUT2D eigenvalue weighted by Gasteiger charge is 2.10. The molecule has 0 aliphatic heterocycles. The molecule has 1 heterocycles. The Bertz CT molecular complexity index is 973. The molecule has 0 spiro atoms. The molecule has 3 aromatic rings. The van der Waals surface area contributed by atoms with Crippen molar-refractivity contribution in [3.63, 3.8) is 0 Å².